The van der Waals surface area contributed by atoms with Crippen molar-refractivity contribution in [2.45, 2.75) is 52.4 Å². The molecule has 1 aliphatic rings. The highest BCUT2D eigenvalue weighted by atomic mass is 16.1. The molecule has 1 aromatic carbocycles. The van der Waals surface area contributed by atoms with Crippen LogP contribution in [0.1, 0.15) is 49.7 Å². The van der Waals surface area contributed by atoms with Crippen molar-refractivity contribution in [3.8, 4) is 0 Å². The summed E-state index contributed by atoms with van der Waals surface area (Å²) in [5.74, 6) is 0.779. The average Bonchev–Trinajstić information content (AvgIpc) is 3.04. The zero-order valence-electron chi connectivity index (χ0n) is 13.9. The molecule has 4 nitrogen and oxygen atoms in total. The number of aromatic nitrogens is 1. The first kappa shape index (κ1) is 15.8. The van der Waals surface area contributed by atoms with Crippen LogP contribution in [0.5, 0.6) is 0 Å². The molecule has 2 aromatic rings. The number of fused-ring (bicyclic) bond motifs is 1. The topological polar surface area (TPSA) is 62.0 Å². The molecule has 1 aliphatic carbocycles. The van der Waals surface area contributed by atoms with Gasteiger partial charge in [0.2, 0.25) is 5.91 Å². The number of carbonyl (C=O) groups is 1. The third-order valence-electron chi connectivity index (χ3n) is 5.11. The summed E-state index contributed by atoms with van der Waals surface area (Å²) in [4.78, 5) is 26.9. The molecule has 1 aromatic heterocycles. The summed E-state index contributed by atoms with van der Waals surface area (Å²) in [6, 6.07) is 5.71. The molecule has 3 rings (SSSR count). The molecule has 122 valence electrons. The Kier molecular flexibility index (Phi) is 4.51. The molecule has 1 heterocycles. The zero-order valence-corrected chi connectivity index (χ0v) is 13.9. The first-order valence-electron chi connectivity index (χ1n) is 8.47. The van der Waals surface area contributed by atoms with Crippen LogP contribution in [-0.4, -0.2) is 10.9 Å². The fourth-order valence-corrected chi connectivity index (χ4v) is 3.50. The van der Waals surface area contributed by atoms with Crippen molar-refractivity contribution in [3.05, 3.63) is 39.7 Å². The Hall–Kier alpha value is -2.10. The van der Waals surface area contributed by atoms with Crippen molar-refractivity contribution >= 4 is 22.5 Å². The minimum atomic E-state index is -0.0697. The molecule has 0 unspecified atom stereocenters. The summed E-state index contributed by atoms with van der Waals surface area (Å²) >= 11 is 0. The number of hydrogen-bond donors (Lipinski definition) is 2. The van der Waals surface area contributed by atoms with E-state index in [1.165, 1.54) is 25.7 Å². The highest BCUT2D eigenvalue weighted by Gasteiger charge is 2.16. The Morgan fingerprint density at radius 3 is 2.70 bits per heavy atom. The number of benzene rings is 1. The molecule has 1 amide bonds. The molecule has 0 aliphatic heterocycles. The van der Waals surface area contributed by atoms with Gasteiger partial charge in [0.25, 0.3) is 5.56 Å². The summed E-state index contributed by atoms with van der Waals surface area (Å²) < 4.78 is 0. The monoisotopic (exact) mass is 312 g/mol. The van der Waals surface area contributed by atoms with Crippen molar-refractivity contribution in [2.75, 3.05) is 5.32 Å². The van der Waals surface area contributed by atoms with E-state index < -0.39 is 0 Å². The van der Waals surface area contributed by atoms with Crippen LogP contribution in [-0.2, 0) is 4.79 Å². The van der Waals surface area contributed by atoms with Crippen molar-refractivity contribution in [1.82, 2.24) is 4.98 Å². The number of carbonyl (C=O) groups excluding carboxylic acids is 1. The summed E-state index contributed by atoms with van der Waals surface area (Å²) in [7, 11) is 0. The zero-order chi connectivity index (χ0) is 16.4. The van der Waals surface area contributed by atoms with Crippen LogP contribution in [0.3, 0.4) is 0 Å². The standard InChI is InChI=1S/C19H24N2O2/c1-12-13(2)19(23)21-17-11-15(8-9-16(12)17)20-18(22)10-7-14-5-3-4-6-14/h8-9,11,14H,3-7,10H2,1-2H3,(H,20,22)(H,21,23). The number of amides is 1. The molecular formula is C19H24N2O2. The fourth-order valence-electron chi connectivity index (χ4n) is 3.50. The van der Waals surface area contributed by atoms with Crippen molar-refractivity contribution < 1.29 is 4.79 Å². The maximum Gasteiger partial charge on any atom is 0.251 e. The van der Waals surface area contributed by atoms with Gasteiger partial charge in [-0.05, 0) is 43.9 Å². The third kappa shape index (κ3) is 3.46. The van der Waals surface area contributed by atoms with Crippen LogP contribution >= 0.6 is 0 Å². The lowest BCUT2D eigenvalue weighted by molar-refractivity contribution is -0.116. The molecule has 23 heavy (non-hydrogen) atoms. The largest absolute Gasteiger partial charge is 0.326 e. The first-order valence-corrected chi connectivity index (χ1v) is 8.47. The van der Waals surface area contributed by atoms with E-state index in [2.05, 4.69) is 10.3 Å². The van der Waals surface area contributed by atoms with Gasteiger partial charge in [-0.1, -0.05) is 31.7 Å². The predicted octanol–water partition coefficient (Wildman–Crippen LogP) is 4.05. The van der Waals surface area contributed by atoms with E-state index in [9.17, 15) is 9.59 Å². The molecule has 2 N–H and O–H groups in total. The van der Waals surface area contributed by atoms with Crippen LogP contribution in [0.25, 0.3) is 10.9 Å². The molecule has 4 heteroatoms. The lowest BCUT2D eigenvalue weighted by atomic mass is 10.0. The van der Waals surface area contributed by atoms with Crippen LogP contribution in [0.4, 0.5) is 5.69 Å². The second-order valence-corrected chi connectivity index (χ2v) is 6.70. The summed E-state index contributed by atoms with van der Waals surface area (Å²) in [6.45, 7) is 3.78. The van der Waals surface area contributed by atoms with Gasteiger partial charge in [0, 0.05) is 23.1 Å². The van der Waals surface area contributed by atoms with E-state index in [1.54, 1.807) is 0 Å². The quantitative estimate of drug-likeness (QED) is 0.894. The molecule has 1 fully saturated rings. The van der Waals surface area contributed by atoms with E-state index in [-0.39, 0.29) is 11.5 Å². The van der Waals surface area contributed by atoms with E-state index in [0.29, 0.717) is 6.42 Å². The number of aromatic amines is 1. The van der Waals surface area contributed by atoms with Crippen molar-refractivity contribution in [2.24, 2.45) is 5.92 Å². The minimum absolute atomic E-state index is 0.0578. The molecule has 0 saturated heterocycles. The molecule has 0 atom stereocenters. The Balaban J connectivity index is 1.71. The van der Waals surface area contributed by atoms with Gasteiger partial charge in [0.1, 0.15) is 0 Å². The van der Waals surface area contributed by atoms with Gasteiger partial charge in [-0.2, -0.15) is 0 Å². The highest BCUT2D eigenvalue weighted by molar-refractivity contribution is 5.94. The normalized spacial score (nSPS) is 15.2. The molecule has 0 bridgehead atoms. The second-order valence-electron chi connectivity index (χ2n) is 6.70. The van der Waals surface area contributed by atoms with E-state index >= 15 is 0 Å². The molecule has 0 radical (unpaired) electrons. The number of anilines is 1. The number of aryl methyl sites for hydroxylation is 1. The van der Waals surface area contributed by atoms with Crippen molar-refractivity contribution in [3.63, 3.8) is 0 Å². The fraction of sp³-hybridized carbons (Fsp3) is 0.474. The van der Waals surface area contributed by atoms with Gasteiger partial charge in [-0.3, -0.25) is 9.59 Å². The summed E-state index contributed by atoms with van der Waals surface area (Å²) in [5, 5.41) is 3.97. The van der Waals surface area contributed by atoms with Crippen LogP contribution in [0.15, 0.2) is 23.0 Å². The van der Waals surface area contributed by atoms with Crippen LogP contribution in [0, 0.1) is 19.8 Å². The van der Waals surface area contributed by atoms with Gasteiger partial charge in [0.15, 0.2) is 0 Å². The lowest BCUT2D eigenvalue weighted by Gasteiger charge is -2.11. The lowest BCUT2D eigenvalue weighted by Crippen LogP contribution is -2.14. The number of nitrogens with one attached hydrogen (secondary N) is 2. The Morgan fingerprint density at radius 1 is 1.22 bits per heavy atom. The van der Waals surface area contributed by atoms with Gasteiger partial charge in [-0.25, -0.2) is 0 Å². The Labute approximate surface area is 136 Å². The summed E-state index contributed by atoms with van der Waals surface area (Å²) in [5.41, 5.74) is 3.17. The van der Waals surface area contributed by atoms with Gasteiger partial charge >= 0.3 is 0 Å². The summed E-state index contributed by atoms with van der Waals surface area (Å²) in [6.07, 6.45) is 6.71. The minimum Gasteiger partial charge on any atom is -0.326 e. The SMILES string of the molecule is Cc1c(C)c2ccc(NC(=O)CCC3CCCC3)cc2[nH]c1=O. The maximum absolute atomic E-state index is 12.1. The first-order chi connectivity index (χ1) is 11.0. The second kappa shape index (κ2) is 6.57. The maximum atomic E-state index is 12.1. The van der Waals surface area contributed by atoms with E-state index in [4.69, 9.17) is 0 Å². The predicted molar refractivity (Wildman–Crippen MR) is 93.9 cm³/mol. The van der Waals surface area contributed by atoms with E-state index in [1.807, 2.05) is 32.0 Å². The molecule has 1 saturated carbocycles. The van der Waals surface area contributed by atoms with Crippen LogP contribution < -0.4 is 10.9 Å². The van der Waals surface area contributed by atoms with E-state index in [0.717, 1.165) is 40.1 Å². The smallest absolute Gasteiger partial charge is 0.251 e. The van der Waals surface area contributed by atoms with Gasteiger partial charge in [-0.15, -0.1) is 0 Å². The van der Waals surface area contributed by atoms with Crippen LogP contribution in [0.2, 0.25) is 0 Å². The van der Waals surface area contributed by atoms with Crippen molar-refractivity contribution in [1.29, 1.82) is 0 Å². The average molecular weight is 312 g/mol. The number of H-pyrrole nitrogens is 1. The number of hydrogen-bond acceptors (Lipinski definition) is 2. The Morgan fingerprint density at radius 2 is 1.96 bits per heavy atom. The molecule has 0 spiro atoms. The third-order valence-corrected chi connectivity index (χ3v) is 5.11. The van der Waals surface area contributed by atoms with Gasteiger partial charge in [0.05, 0.1) is 5.52 Å². The Bertz CT molecular complexity index is 786. The molecular weight excluding hydrogens is 288 g/mol. The number of pyridine rings is 1. The van der Waals surface area contributed by atoms with Gasteiger partial charge < -0.3 is 10.3 Å². The number of rotatable bonds is 4. The highest BCUT2D eigenvalue weighted by Crippen LogP contribution is 2.28.